The first-order chi connectivity index (χ1) is 15.7. The summed E-state index contributed by atoms with van der Waals surface area (Å²) >= 11 is 2.95. The van der Waals surface area contributed by atoms with Gasteiger partial charge in [-0.05, 0) is 49.7 Å². The van der Waals surface area contributed by atoms with Gasteiger partial charge < -0.3 is 10.3 Å². The third-order valence-corrected chi connectivity index (χ3v) is 8.40. The molecular weight excluding hydrogens is 440 g/mol. The van der Waals surface area contributed by atoms with Crippen molar-refractivity contribution < 1.29 is 4.79 Å². The monoisotopic (exact) mass is 468 g/mol. The minimum absolute atomic E-state index is 0.00438. The van der Waals surface area contributed by atoms with Crippen LogP contribution < -0.4 is 10.9 Å². The molecule has 0 atom stereocenters. The number of aryl methyl sites for hydroxylation is 2. The van der Waals surface area contributed by atoms with Gasteiger partial charge in [-0.15, -0.1) is 11.3 Å². The number of amides is 1. The van der Waals surface area contributed by atoms with Crippen molar-refractivity contribution in [1.29, 1.82) is 0 Å². The lowest BCUT2D eigenvalue weighted by molar-refractivity contribution is -0.119. The van der Waals surface area contributed by atoms with E-state index < -0.39 is 0 Å². The summed E-state index contributed by atoms with van der Waals surface area (Å²) in [5, 5.41) is 4.46. The van der Waals surface area contributed by atoms with Crippen molar-refractivity contribution in [3.8, 4) is 0 Å². The van der Waals surface area contributed by atoms with Gasteiger partial charge in [0, 0.05) is 30.6 Å². The number of thioether (sulfide) groups is 1. The topological polar surface area (TPSA) is 78.1 Å². The lowest BCUT2D eigenvalue weighted by Crippen LogP contribution is -2.44. The van der Waals surface area contributed by atoms with Crippen LogP contribution in [0, 0.1) is 0 Å². The number of piperidine rings is 1. The molecule has 2 aromatic heterocycles. The number of nitrogens with zero attached hydrogens (tertiary/aromatic N) is 2. The standard InChI is InChI=1S/C24H28N4O2S2/c29-20(25-17-10-12-28(13-11-17)14-16-6-2-1-3-7-16)15-31-24-26-22(30)21-18-8-4-5-9-19(18)32-23(21)27-24/h1-3,6-7,17H,4-5,8-15H2,(H,25,29)(H,26,27,30). The van der Waals surface area contributed by atoms with Gasteiger partial charge in [0.15, 0.2) is 5.16 Å². The largest absolute Gasteiger partial charge is 0.353 e. The van der Waals surface area contributed by atoms with Crippen LogP contribution >= 0.6 is 23.1 Å². The number of likely N-dealkylation sites (tertiary alicyclic amines) is 1. The summed E-state index contributed by atoms with van der Waals surface area (Å²) in [6.45, 7) is 2.94. The summed E-state index contributed by atoms with van der Waals surface area (Å²) in [4.78, 5) is 37.3. The van der Waals surface area contributed by atoms with Gasteiger partial charge in [-0.3, -0.25) is 14.5 Å². The van der Waals surface area contributed by atoms with Crippen molar-refractivity contribution in [2.45, 2.75) is 56.3 Å². The molecule has 1 aliphatic carbocycles. The van der Waals surface area contributed by atoms with Gasteiger partial charge in [-0.2, -0.15) is 0 Å². The van der Waals surface area contributed by atoms with E-state index in [4.69, 9.17) is 0 Å². The minimum atomic E-state index is -0.0666. The molecule has 1 amide bonds. The molecule has 1 saturated heterocycles. The van der Waals surface area contributed by atoms with Crippen LogP contribution in [0.15, 0.2) is 40.3 Å². The molecule has 1 aliphatic heterocycles. The highest BCUT2D eigenvalue weighted by Crippen LogP contribution is 2.34. The summed E-state index contributed by atoms with van der Waals surface area (Å²) < 4.78 is 0. The Bertz CT molecular complexity index is 1150. The molecule has 0 radical (unpaired) electrons. The van der Waals surface area contributed by atoms with Crippen LogP contribution in [0.2, 0.25) is 0 Å². The van der Waals surface area contributed by atoms with Crippen molar-refractivity contribution in [3.63, 3.8) is 0 Å². The first-order valence-electron chi connectivity index (χ1n) is 11.4. The molecule has 168 valence electrons. The molecule has 0 bridgehead atoms. The average Bonchev–Trinajstić information content (AvgIpc) is 3.19. The fourth-order valence-electron chi connectivity index (χ4n) is 4.69. The zero-order valence-electron chi connectivity index (χ0n) is 18.1. The number of fused-ring (bicyclic) bond motifs is 3. The van der Waals surface area contributed by atoms with Crippen LogP contribution in [0.1, 0.15) is 41.7 Å². The van der Waals surface area contributed by atoms with Crippen molar-refractivity contribution >= 4 is 39.2 Å². The third kappa shape index (κ3) is 4.92. The average molecular weight is 469 g/mol. The van der Waals surface area contributed by atoms with Crippen LogP contribution in [0.25, 0.3) is 10.2 Å². The van der Waals surface area contributed by atoms with Crippen LogP contribution in [0.4, 0.5) is 0 Å². The molecule has 5 rings (SSSR count). The highest BCUT2D eigenvalue weighted by molar-refractivity contribution is 7.99. The molecule has 0 spiro atoms. The Balaban J connectivity index is 1.12. The van der Waals surface area contributed by atoms with Crippen LogP contribution in [-0.2, 0) is 24.2 Å². The van der Waals surface area contributed by atoms with Crippen LogP contribution in [-0.4, -0.2) is 45.7 Å². The summed E-state index contributed by atoms with van der Waals surface area (Å²) in [6.07, 6.45) is 6.27. The van der Waals surface area contributed by atoms with Crippen molar-refractivity contribution in [2.24, 2.45) is 0 Å². The van der Waals surface area contributed by atoms with E-state index in [1.807, 2.05) is 6.07 Å². The zero-order valence-corrected chi connectivity index (χ0v) is 19.7. The Morgan fingerprint density at radius 1 is 1.19 bits per heavy atom. The molecule has 1 aromatic carbocycles. The molecule has 0 unspecified atom stereocenters. The highest BCUT2D eigenvalue weighted by atomic mass is 32.2. The number of H-pyrrole nitrogens is 1. The first kappa shape index (κ1) is 21.7. The highest BCUT2D eigenvalue weighted by Gasteiger charge is 2.22. The van der Waals surface area contributed by atoms with E-state index in [0.717, 1.165) is 62.0 Å². The molecular formula is C24H28N4O2S2. The summed E-state index contributed by atoms with van der Waals surface area (Å²) in [5.41, 5.74) is 2.46. The van der Waals surface area contributed by atoms with E-state index in [2.05, 4.69) is 44.5 Å². The Morgan fingerprint density at radius 3 is 2.78 bits per heavy atom. The molecule has 1 fully saturated rings. The van der Waals surface area contributed by atoms with E-state index in [9.17, 15) is 9.59 Å². The quantitative estimate of drug-likeness (QED) is 0.426. The third-order valence-electron chi connectivity index (χ3n) is 6.35. The number of rotatable bonds is 6. The predicted octanol–water partition coefficient (Wildman–Crippen LogP) is 3.74. The molecule has 8 heteroatoms. The minimum Gasteiger partial charge on any atom is -0.353 e. The number of aromatic nitrogens is 2. The normalized spacial score (nSPS) is 17.4. The van der Waals surface area contributed by atoms with E-state index in [1.54, 1.807) is 11.3 Å². The molecule has 2 N–H and O–H groups in total. The first-order valence-corrected chi connectivity index (χ1v) is 13.2. The van der Waals surface area contributed by atoms with Gasteiger partial charge >= 0.3 is 0 Å². The van der Waals surface area contributed by atoms with Gasteiger partial charge in [-0.25, -0.2) is 4.98 Å². The fraction of sp³-hybridized carbons (Fsp3) is 0.458. The van der Waals surface area contributed by atoms with Gasteiger partial charge in [0.25, 0.3) is 5.56 Å². The second-order valence-electron chi connectivity index (χ2n) is 8.65. The van der Waals surface area contributed by atoms with Crippen molar-refractivity contribution in [2.75, 3.05) is 18.8 Å². The number of carbonyl (C=O) groups is 1. The maximum Gasteiger partial charge on any atom is 0.260 e. The second kappa shape index (κ2) is 9.77. The lowest BCUT2D eigenvalue weighted by Gasteiger charge is -2.32. The maximum absolute atomic E-state index is 12.6. The second-order valence-corrected chi connectivity index (χ2v) is 10.7. The Labute approximate surface area is 195 Å². The molecule has 3 aromatic rings. The lowest BCUT2D eigenvalue weighted by atomic mass is 9.97. The number of benzene rings is 1. The van der Waals surface area contributed by atoms with Gasteiger partial charge in [0.1, 0.15) is 4.83 Å². The number of hydrogen-bond acceptors (Lipinski definition) is 6. The molecule has 3 heterocycles. The van der Waals surface area contributed by atoms with Gasteiger partial charge in [0.05, 0.1) is 11.1 Å². The van der Waals surface area contributed by atoms with E-state index in [1.165, 1.54) is 34.2 Å². The van der Waals surface area contributed by atoms with Gasteiger partial charge in [-0.1, -0.05) is 42.1 Å². The number of carbonyl (C=O) groups excluding carboxylic acids is 1. The van der Waals surface area contributed by atoms with Crippen LogP contribution in [0.3, 0.4) is 0 Å². The van der Waals surface area contributed by atoms with Gasteiger partial charge in [0.2, 0.25) is 5.91 Å². The zero-order chi connectivity index (χ0) is 21.9. The predicted molar refractivity (Wildman–Crippen MR) is 130 cm³/mol. The SMILES string of the molecule is O=C(CSc1nc2sc3c(c2c(=O)[nH]1)CCCC3)NC1CCN(Cc2ccccc2)CC1. The van der Waals surface area contributed by atoms with E-state index in [0.29, 0.717) is 5.16 Å². The number of hydrogen-bond donors (Lipinski definition) is 2. The Morgan fingerprint density at radius 2 is 1.97 bits per heavy atom. The Kier molecular flexibility index (Phi) is 6.62. The van der Waals surface area contributed by atoms with Crippen molar-refractivity contribution in [3.05, 3.63) is 56.7 Å². The smallest absolute Gasteiger partial charge is 0.260 e. The molecule has 32 heavy (non-hydrogen) atoms. The summed E-state index contributed by atoms with van der Waals surface area (Å²) in [5.74, 6) is 0.272. The number of nitrogens with one attached hydrogen (secondary N) is 2. The molecule has 2 aliphatic rings. The van der Waals surface area contributed by atoms with E-state index in [-0.39, 0.29) is 23.3 Å². The number of aromatic amines is 1. The molecule has 6 nitrogen and oxygen atoms in total. The van der Waals surface area contributed by atoms with Crippen molar-refractivity contribution in [1.82, 2.24) is 20.2 Å². The fourth-order valence-corrected chi connectivity index (χ4v) is 6.68. The summed E-state index contributed by atoms with van der Waals surface area (Å²) in [7, 11) is 0. The van der Waals surface area contributed by atoms with Crippen LogP contribution in [0.5, 0.6) is 0 Å². The Hall–Kier alpha value is -2.16. The molecule has 0 saturated carbocycles. The summed E-state index contributed by atoms with van der Waals surface area (Å²) in [6, 6.07) is 10.7. The number of thiophene rings is 1. The maximum atomic E-state index is 12.6. The van der Waals surface area contributed by atoms with E-state index >= 15 is 0 Å².